The second-order valence-electron chi connectivity index (χ2n) is 6.63. The smallest absolute Gasteiger partial charge is 0.346 e. The van der Waals surface area contributed by atoms with Gasteiger partial charge in [-0.1, -0.05) is 0 Å². The zero-order chi connectivity index (χ0) is 18.3. The van der Waals surface area contributed by atoms with E-state index in [0.29, 0.717) is 19.5 Å². The number of aromatic amines is 1. The first-order valence-electron chi connectivity index (χ1n) is 8.47. The summed E-state index contributed by atoms with van der Waals surface area (Å²) in [6, 6.07) is 3.82. The average molecular weight is 362 g/mol. The van der Waals surface area contributed by atoms with Crippen molar-refractivity contribution in [2.45, 2.75) is 31.4 Å². The number of aromatic nitrogens is 3. The zero-order valence-corrected chi connectivity index (χ0v) is 13.9. The summed E-state index contributed by atoms with van der Waals surface area (Å²) < 4.78 is 37.7. The number of carbonyl (C=O) groups is 1. The molecule has 1 saturated heterocycles. The minimum atomic E-state index is -4.48. The van der Waals surface area contributed by atoms with Crippen molar-refractivity contribution in [2.75, 3.05) is 13.1 Å². The van der Waals surface area contributed by atoms with Crippen LogP contribution in [0.1, 0.15) is 30.7 Å². The molecular formula is C18H17F3N4O. The molecule has 1 unspecified atom stereocenters. The van der Waals surface area contributed by atoms with E-state index in [1.54, 1.807) is 18.6 Å². The number of alkyl halides is 3. The van der Waals surface area contributed by atoms with Crippen molar-refractivity contribution in [1.82, 2.24) is 19.9 Å². The van der Waals surface area contributed by atoms with E-state index in [1.807, 2.05) is 12.1 Å². The summed E-state index contributed by atoms with van der Waals surface area (Å²) in [4.78, 5) is 25.1. The molecule has 26 heavy (non-hydrogen) atoms. The Morgan fingerprint density at radius 1 is 1.31 bits per heavy atom. The Labute approximate surface area is 147 Å². The van der Waals surface area contributed by atoms with Gasteiger partial charge in [0.25, 0.3) is 0 Å². The van der Waals surface area contributed by atoms with Crippen molar-refractivity contribution in [3.8, 4) is 0 Å². The van der Waals surface area contributed by atoms with E-state index in [9.17, 15) is 18.0 Å². The van der Waals surface area contributed by atoms with Crippen molar-refractivity contribution in [1.29, 1.82) is 0 Å². The highest BCUT2D eigenvalue weighted by atomic mass is 19.4. The van der Waals surface area contributed by atoms with E-state index in [0.717, 1.165) is 33.9 Å². The van der Waals surface area contributed by atoms with Crippen LogP contribution in [0, 0.1) is 0 Å². The molecule has 136 valence electrons. The number of likely N-dealkylation sites (tertiary alicyclic amines) is 1. The van der Waals surface area contributed by atoms with E-state index < -0.39 is 18.5 Å². The molecule has 0 saturated carbocycles. The molecule has 1 N–H and O–H groups in total. The minimum absolute atomic E-state index is 0.0214. The number of nitrogens with zero attached hydrogens (tertiary/aromatic N) is 3. The highest BCUT2D eigenvalue weighted by molar-refractivity contribution is 6.05. The highest BCUT2D eigenvalue weighted by Crippen LogP contribution is 2.35. The van der Waals surface area contributed by atoms with Gasteiger partial charge in [-0.2, -0.15) is 13.2 Å². The maximum atomic E-state index is 12.6. The van der Waals surface area contributed by atoms with Gasteiger partial charge >= 0.3 is 6.18 Å². The second kappa shape index (κ2) is 6.26. The Morgan fingerprint density at radius 2 is 2.15 bits per heavy atom. The molecule has 3 aromatic heterocycles. The maximum Gasteiger partial charge on any atom is 0.397 e. The number of rotatable bonds is 2. The number of hydrogen-bond donors (Lipinski definition) is 1. The third kappa shape index (κ3) is 3.11. The van der Waals surface area contributed by atoms with Gasteiger partial charge in [0.15, 0.2) is 0 Å². The molecule has 1 amide bonds. The molecular weight excluding hydrogens is 345 g/mol. The summed E-state index contributed by atoms with van der Waals surface area (Å²) in [7, 11) is 0. The fraction of sp³-hybridized carbons (Fsp3) is 0.389. The van der Waals surface area contributed by atoms with Crippen LogP contribution in [0.3, 0.4) is 0 Å². The van der Waals surface area contributed by atoms with Gasteiger partial charge in [0.05, 0.1) is 11.7 Å². The van der Waals surface area contributed by atoms with Crippen molar-refractivity contribution < 1.29 is 18.0 Å². The largest absolute Gasteiger partial charge is 0.397 e. The standard InChI is InChI=1S/C18H17F3N4O/c19-18(20,21)8-15(26)25-7-1-2-11(10-25)12-3-5-22-14-9-24-17-13(16(12)14)4-6-23-17/h3-6,9,11H,1-2,7-8,10H2,(H,23,24). The molecule has 5 nitrogen and oxygen atoms in total. The zero-order valence-electron chi connectivity index (χ0n) is 13.9. The molecule has 0 aliphatic carbocycles. The number of pyridine rings is 2. The van der Waals surface area contributed by atoms with Crippen LogP contribution >= 0.6 is 0 Å². The van der Waals surface area contributed by atoms with Crippen molar-refractivity contribution in [2.24, 2.45) is 0 Å². The van der Waals surface area contributed by atoms with Gasteiger partial charge in [-0.3, -0.25) is 9.78 Å². The topological polar surface area (TPSA) is 61.9 Å². The quantitative estimate of drug-likeness (QED) is 0.755. The van der Waals surface area contributed by atoms with Crippen LogP contribution in [-0.2, 0) is 4.79 Å². The molecule has 4 rings (SSSR count). The highest BCUT2D eigenvalue weighted by Gasteiger charge is 2.35. The number of amides is 1. The molecule has 0 aromatic carbocycles. The number of carbonyl (C=O) groups excluding carboxylic acids is 1. The van der Waals surface area contributed by atoms with Crippen molar-refractivity contribution >= 4 is 27.8 Å². The lowest BCUT2D eigenvalue weighted by atomic mass is 9.88. The first kappa shape index (κ1) is 16.8. The SMILES string of the molecule is O=C(CC(F)(F)F)N1CCCC(c2ccnc3cnc4[nH]ccc4c23)C1. The number of nitrogens with one attached hydrogen (secondary N) is 1. The second-order valence-corrected chi connectivity index (χ2v) is 6.63. The Bertz CT molecular complexity index is 966. The van der Waals surface area contributed by atoms with Crippen molar-refractivity contribution in [3.63, 3.8) is 0 Å². The fourth-order valence-electron chi connectivity index (χ4n) is 3.76. The average Bonchev–Trinajstić information content (AvgIpc) is 3.09. The summed E-state index contributed by atoms with van der Waals surface area (Å²) in [5.41, 5.74) is 2.49. The Morgan fingerprint density at radius 3 is 2.96 bits per heavy atom. The lowest BCUT2D eigenvalue weighted by Crippen LogP contribution is -2.40. The Balaban J connectivity index is 1.69. The maximum absolute atomic E-state index is 12.6. The summed E-state index contributed by atoms with van der Waals surface area (Å²) in [6.07, 6.45) is 0.803. The monoisotopic (exact) mass is 362 g/mol. The number of hydrogen-bond acceptors (Lipinski definition) is 3. The number of fused-ring (bicyclic) bond motifs is 3. The van der Waals surface area contributed by atoms with Crippen LogP contribution in [0.5, 0.6) is 0 Å². The van der Waals surface area contributed by atoms with Gasteiger partial charge in [-0.15, -0.1) is 0 Å². The first-order chi connectivity index (χ1) is 12.4. The van der Waals surface area contributed by atoms with E-state index in [4.69, 9.17) is 0 Å². The normalized spacial score (nSPS) is 18.6. The number of H-pyrrole nitrogens is 1. The molecule has 8 heteroatoms. The molecule has 1 atom stereocenters. The van der Waals surface area contributed by atoms with Gasteiger partial charge in [0, 0.05) is 42.2 Å². The molecule has 0 radical (unpaired) electrons. The summed E-state index contributed by atoms with van der Waals surface area (Å²) >= 11 is 0. The van der Waals surface area contributed by atoms with Crippen LogP contribution in [0.15, 0.2) is 30.7 Å². The summed E-state index contributed by atoms with van der Waals surface area (Å²) in [6.45, 7) is 0.665. The van der Waals surface area contributed by atoms with Gasteiger partial charge in [0.1, 0.15) is 12.1 Å². The van der Waals surface area contributed by atoms with Gasteiger partial charge < -0.3 is 9.88 Å². The van der Waals surface area contributed by atoms with E-state index in [1.165, 1.54) is 4.90 Å². The molecule has 3 aromatic rings. The number of piperidine rings is 1. The first-order valence-corrected chi connectivity index (χ1v) is 8.47. The molecule has 1 fully saturated rings. The van der Waals surface area contributed by atoms with Crippen molar-refractivity contribution in [3.05, 3.63) is 36.3 Å². The lowest BCUT2D eigenvalue weighted by Gasteiger charge is -2.33. The van der Waals surface area contributed by atoms with E-state index >= 15 is 0 Å². The van der Waals surface area contributed by atoms with Gasteiger partial charge in [0.2, 0.25) is 5.91 Å². The molecule has 4 heterocycles. The molecule has 0 bridgehead atoms. The van der Waals surface area contributed by atoms with E-state index in [-0.39, 0.29) is 5.92 Å². The van der Waals surface area contributed by atoms with Crippen LogP contribution in [-0.4, -0.2) is 45.0 Å². The Kier molecular flexibility index (Phi) is 4.05. The number of halogens is 3. The predicted molar refractivity (Wildman–Crippen MR) is 90.6 cm³/mol. The third-order valence-corrected chi connectivity index (χ3v) is 4.89. The molecule has 0 spiro atoms. The third-order valence-electron chi connectivity index (χ3n) is 4.89. The Hall–Kier alpha value is -2.64. The van der Waals surface area contributed by atoms with Gasteiger partial charge in [-0.05, 0) is 30.5 Å². The minimum Gasteiger partial charge on any atom is -0.346 e. The van der Waals surface area contributed by atoms with E-state index in [2.05, 4.69) is 15.0 Å². The molecule has 1 aliphatic heterocycles. The predicted octanol–water partition coefficient (Wildman–Crippen LogP) is 3.77. The lowest BCUT2D eigenvalue weighted by molar-refractivity contribution is -0.162. The van der Waals surface area contributed by atoms with Crippen LogP contribution in [0.4, 0.5) is 13.2 Å². The fourth-order valence-corrected chi connectivity index (χ4v) is 3.76. The summed E-state index contributed by atoms with van der Waals surface area (Å²) in [5.74, 6) is -0.874. The van der Waals surface area contributed by atoms with Gasteiger partial charge in [-0.25, -0.2) is 4.98 Å². The van der Waals surface area contributed by atoms with Crippen LogP contribution in [0.25, 0.3) is 21.9 Å². The van der Waals surface area contributed by atoms with Crippen LogP contribution < -0.4 is 0 Å². The van der Waals surface area contributed by atoms with Crippen LogP contribution in [0.2, 0.25) is 0 Å². The summed E-state index contributed by atoms with van der Waals surface area (Å²) in [5, 5.41) is 1.89. The molecule has 1 aliphatic rings.